The van der Waals surface area contributed by atoms with Crippen LogP contribution in [0.2, 0.25) is 0 Å². The molecular weight excluding hydrogens is 429 g/mol. The van der Waals surface area contributed by atoms with Crippen molar-refractivity contribution in [2.75, 3.05) is 11.9 Å². The first-order valence-electron chi connectivity index (χ1n) is 10.0. The first-order valence-corrected chi connectivity index (χ1v) is 10.0. The minimum Gasteiger partial charge on any atom is -0.484 e. The number of amides is 1. The third kappa shape index (κ3) is 6.47. The Balaban J connectivity index is 1.68. The fourth-order valence-corrected chi connectivity index (χ4v) is 3.04. The molecule has 0 aliphatic rings. The summed E-state index contributed by atoms with van der Waals surface area (Å²) in [4.78, 5) is 12.2. The van der Waals surface area contributed by atoms with E-state index in [9.17, 15) is 23.2 Å². The second-order valence-electron chi connectivity index (χ2n) is 7.45. The van der Waals surface area contributed by atoms with Crippen molar-refractivity contribution in [3.63, 3.8) is 0 Å². The number of nitrogens with zero attached hydrogens (tertiary/aromatic N) is 1. The van der Waals surface area contributed by atoms with Crippen molar-refractivity contribution >= 4 is 23.2 Å². The van der Waals surface area contributed by atoms with E-state index in [1.54, 1.807) is 30.3 Å². The first kappa shape index (κ1) is 23.6. The summed E-state index contributed by atoms with van der Waals surface area (Å²) in [7, 11) is 0. The average molecular weight is 450 g/mol. The Hall–Kier alpha value is -4.05. The second-order valence-corrected chi connectivity index (χ2v) is 7.45. The molecule has 0 bridgehead atoms. The van der Waals surface area contributed by atoms with Crippen LogP contribution in [-0.2, 0) is 11.0 Å². The molecule has 1 N–H and O–H groups in total. The van der Waals surface area contributed by atoms with Crippen LogP contribution in [0.3, 0.4) is 0 Å². The predicted octanol–water partition coefficient (Wildman–Crippen LogP) is 6.40. The summed E-state index contributed by atoms with van der Waals surface area (Å²) in [6.07, 6.45) is -2.89. The Labute approximate surface area is 189 Å². The molecule has 0 spiro atoms. The van der Waals surface area contributed by atoms with E-state index < -0.39 is 11.7 Å². The highest BCUT2D eigenvalue weighted by atomic mass is 19.4. The third-order valence-corrected chi connectivity index (χ3v) is 4.97. The molecule has 168 valence electrons. The number of hydrogen-bond donors (Lipinski definition) is 1. The molecule has 0 unspecified atom stereocenters. The summed E-state index contributed by atoms with van der Waals surface area (Å²) in [5.41, 5.74) is 3.27. The van der Waals surface area contributed by atoms with E-state index in [4.69, 9.17) is 4.74 Å². The highest BCUT2D eigenvalue weighted by Crippen LogP contribution is 2.30. The molecule has 3 rings (SSSR count). The molecule has 33 heavy (non-hydrogen) atoms. The van der Waals surface area contributed by atoms with Gasteiger partial charge in [0.15, 0.2) is 6.61 Å². The van der Waals surface area contributed by atoms with Crippen molar-refractivity contribution < 1.29 is 22.7 Å². The first-order chi connectivity index (χ1) is 15.7. The quantitative estimate of drug-likeness (QED) is 0.349. The van der Waals surface area contributed by atoms with Gasteiger partial charge < -0.3 is 10.1 Å². The number of alkyl halides is 3. The molecule has 0 aliphatic heterocycles. The van der Waals surface area contributed by atoms with Gasteiger partial charge in [0.05, 0.1) is 17.2 Å². The Bertz CT molecular complexity index is 1220. The fraction of sp³-hybridized carbons (Fsp3) is 0.154. The van der Waals surface area contributed by atoms with Crippen LogP contribution in [0.4, 0.5) is 18.9 Å². The lowest BCUT2D eigenvalue weighted by Gasteiger charge is -2.10. The van der Waals surface area contributed by atoms with E-state index in [0.717, 1.165) is 23.3 Å². The van der Waals surface area contributed by atoms with E-state index in [2.05, 4.69) is 5.32 Å². The van der Waals surface area contributed by atoms with E-state index in [1.807, 2.05) is 38.1 Å². The monoisotopic (exact) mass is 450 g/mol. The van der Waals surface area contributed by atoms with Gasteiger partial charge in [-0.1, -0.05) is 30.3 Å². The van der Waals surface area contributed by atoms with Gasteiger partial charge in [-0.3, -0.25) is 4.79 Å². The predicted molar refractivity (Wildman–Crippen MR) is 121 cm³/mol. The normalized spacial score (nSPS) is 11.6. The lowest BCUT2D eigenvalue weighted by Crippen LogP contribution is -2.20. The standard InChI is InChI=1S/C26H21F3N2O2/c1-17-6-11-23(12-18(17)2)31-25(32)16-33-24-5-3-4-19(14-24)13-21(15-30)20-7-9-22(10-8-20)26(27,28)29/h3-14H,16H2,1-2H3,(H,31,32). The lowest BCUT2D eigenvalue weighted by molar-refractivity contribution is -0.137. The minimum atomic E-state index is -4.44. The van der Waals surface area contributed by atoms with Crippen molar-refractivity contribution in [3.05, 3.63) is 94.5 Å². The Morgan fingerprint density at radius 2 is 1.76 bits per heavy atom. The van der Waals surface area contributed by atoms with Crippen LogP contribution in [0.25, 0.3) is 11.6 Å². The molecule has 3 aromatic carbocycles. The number of benzene rings is 3. The summed E-state index contributed by atoms with van der Waals surface area (Å²) in [5, 5.41) is 12.2. The largest absolute Gasteiger partial charge is 0.484 e. The molecule has 0 heterocycles. The zero-order chi connectivity index (χ0) is 24.0. The van der Waals surface area contributed by atoms with Gasteiger partial charge in [0.2, 0.25) is 0 Å². The molecule has 0 saturated carbocycles. The van der Waals surface area contributed by atoms with Crippen LogP contribution >= 0.6 is 0 Å². The van der Waals surface area contributed by atoms with Crippen LogP contribution in [-0.4, -0.2) is 12.5 Å². The SMILES string of the molecule is Cc1ccc(NC(=O)COc2cccc(C=C(C#N)c3ccc(C(F)(F)F)cc3)c2)cc1C. The van der Waals surface area contributed by atoms with Gasteiger partial charge in [0.1, 0.15) is 5.75 Å². The number of ether oxygens (including phenoxy) is 1. The highest BCUT2D eigenvalue weighted by Gasteiger charge is 2.30. The number of carbonyl (C=O) groups excluding carboxylic acids is 1. The summed E-state index contributed by atoms with van der Waals surface area (Å²) >= 11 is 0. The number of halogens is 3. The molecular formula is C26H21F3N2O2. The maximum Gasteiger partial charge on any atom is 0.416 e. The Kier molecular flexibility index (Phi) is 7.19. The van der Waals surface area contributed by atoms with Crippen LogP contribution in [0.1, 0.15) is 27.8 Å². The number of nitriles is 1. The second kappa shape index (κ2) is 10.0. The topological polar surface area (TPSA) is 62.1 Å². The van der Waals surface area contributed by atoms with Gasteiger partial charge >= 0.3 is 6.18 Å². The zero-order valence-corrected chi connectivity index (χ0v) is 18.0. The van der Waals surface area contributed by atoms with Crippen molar-refractivity contribution in [1.82, 2.24) is 0 Å². The molecule has 0 fully saturated rings. The van der Waals surface area contributed by atoms with Crippen molar-refractivity contribution in [3.8, 4) is 11.8 Å². The van der Waals surface area contributed by atoms with Gasteiger partial charge in [-0.15, -0.1) is 0 Å². The molecule has 0 radical (unpaired) electrons. The van der Waals surface area contributed by atoms with Crippen LogP contribution in [0.15, 0.2) is 66.7 Å². The molecule has 0 saturated heterocycles. The Morgan fingerprint density at radius 1 is 1.03 bits per heavy atom. The molecule has 3 aromatic rings. The summed E-state index contributed by atoms with van der Waals surface area (Å²) in [6, 6.07) is 18.8. The van der Waals surface area contributed by atoms with Gasteiger partial charge in [-0.2, -0.15) is 18.4 Å². The number of rotatable bonds is 6. The van der Waals surface area contributed by atoms with Crippen molar-refractivity contribution in [1.29, 1.82) is 5.26 Å². The van der Waals surface area contributed by atoms with Gasteiger partial charge in [0, 0.05) is 5.69 Å². The molecule has 4 nitrogen and oxygen atoms in total. The molecule has 1 amide bonds. The number of anilines is 1. The smallest absolute Gasteiger partial charge is 0.416 e. The van der Waals surface area contributed by atoms with Crippen molar-refractivity contribution in [2.45, 2.75) is 20.0 Å². The maximum absolute atomic E-state index is 12.8. The lowest BCUT2D eigenvalue weighted by atomic mass is 10.0. The maximum atomic E-state index is 12.8. The van der Waals surface area contributed by atoms with Gasteiger partial charge in [-0.25, -0.2) is 0 Å². The van der Waals surface area contributed by atoms with Gasteiger partial charge in [-0.05, 0) is 78.6 Å². The van der Waals surface area contributed by atoms with E-state index >= 15 is 0 Å². The fourth-order valence-electron chi connectivity index (χ4n) is 3.04. The molecule has 7 heteroatoms. The van der Waals surface area contributed by atoms with Crippen LogP contribution in [0.5, 0.6) is 5.75 Å². The summed E-state index contributed by atoms with van der Waals surface area (Å²) < 4.78 is 43.8. The van der Waals surface area contributed by atoms with E-state index in [1.165, 1.54) is 12.1 Å². The van der Waals surface area contributed by atoms with E-state index in [0.29, 0.717) is 22.6 Å². The van der Waals surface area contributed by atoms with Crippen LogP contribution < -0.4 is 10.1 Å². The summed E-state index contributed by atoms with van der Waals surface area (Å²) in [6.45, 7) is 3.74. The molecule has 0 aromatic heterocycles. The number of nitrogens with one attached hydrogen (secondary N) is 1. The zero-order valence-electron chi connectivity index (χ0n) is 18.0. The number of aryl methyl sites for hydroxylation is 2. The Morgan fingerprint density at radius 3 is 2.39 bits per heavy atom. The minimum absolute atomic E-state index is 0.202. The third-order valence-electron chi connectivity index (χ3n) is 4.97. The van der Waals surface area contributed by atoms with Gasteiger partial charge in [0.25, 0.3) is 5.91 Å². The molecule has 0 aliphatic carbocycles. The number of hydrogen-bond acceptors (Lipinski definition) is 3. The number of carbonyl (C=O) groups is 1. The van der Waals surface area contributed by atoms with Crippen molar-refractivity contribution in [2.24, 2.45) is 0 Å². The average Bonchev–Trinajstić information content (AvgIpc) is 2.78. The molecule has 0 atom stereocenters. The number of allylic oxidation sites excluding steroid dienone is 1. The highest BCUT2D eigenvalue weighted by molar-refractivity contribution is 5.92. The van der Waals surface area contributed by atoms with Crippen LogP contribution in [0, 0.1) is 25.2 Å². The summed E-state index contributed by atoms with van der Waals surface area (Å²) in [5.74, 6) is 0.102. The van der Waals surface area contributed by atoms with E-state index in [-0.39, 0.29) is 18.1 Å².